The number of alkyl halides is 3. The van der Waals surface area contributed by atoms with Gasteiger partial charge in [-0.25, -0.2) is 16.8 Å². The Hall–Kier alpha value is -3.84. The molecule has 1 atom stereocenters. The SMILES string of the molecule is CS(=O)(=O)c1cccc(C=Cc2ccc3c(c2)N(S(=O)(=O)c2cccc(C(F)(F)F)c2)CC(CCC(=O)O)O3)c1. The van der Waals surface area contributed by atoms with E-state index in [9.17, 15) is 34.8 Å². The number of halogens is 3. The Morgan fingerprint density at radius 2 is 1.62 bits per heavy atom. The van der Waals surface area contributed by atoms with Crippen LogP contribution in [-0.2, 0) is 30.8 Å². The van der Waals surface area contributed by atoms with E-state index in [4.69, 9.17) is 9.84 Å². The zero-order valence-corrected chi connectivity index (χ0v) is 22.6. The number of rotatable bonds is 8. The zero-order chi connectivity index (χ0) is 29.3. The first-order valence-electron chi connectivity index (χ1n) is 11.9. The van der Waals surface area contributed by atoms with E-state index in [1.165, 1.54) is 24.3 Å². The normalized spacial score (nSPS) is 16.0. The zero-order valence-electron chi connectivity index (χ0n) is 21.0. The number of carboxylic acids is 1. The fraction of sp³-hybridized carbons (Fsp3) is 0.222. The molecule has 0 radical (unpaired) electrons. The van der Waals surface area contributed by atoms with E-state index in [0.717, 1.165) is 28.8 Å². The molecule has 0 aliphatic carbocycles. The van der Waals surface area contributed by atoms with Crippen molar-refractivity contribution in [3.8, 4) is 5.75 Å². The molecule has 0 amide bonds. The number of anilines is 1. The van der Waals surface area contributed by atoms with Gasteiger partial charge in [0.1, 0.15) is 11.9 Å². The van der Waals surface area contributed by atoms with Gasteiger partial charge in [0.25, 0.3) is 10.0 Å². The van der Waals surface area contributed by atoms with Gasteiger partial charge < -0.3 is 9.84 Å². The molecule has 1 aliphatic heterocycles. The Bertz CT molecular complexity index is 1680. The summed E-state index contributed by atoms with van der Waals surface area (Å²) in [5.74, 6) is -0.990. The van der Waals surface area contributed by atoms with Crippen molar-refractivity contribution in [2.75, 3.05) is 17.1 Å². The molecule has 0 aromatic heterocycles. The maximum absolute atomic E-state index is 13.6. The molecule has 0 spiro atoms. The molecule has 1 N–H and O–H groups in total. The first-order valence-corrected chi connectivity index (χ1v) is 15.2. The predicted molar refractivity (Wildman–Crippen MR) is 142 cm³/mol. The van der Waals surface area contributed by atoms with E-state index in [-0.39, 0.29) is 35.7 Å². The molecule has 1 aliphatic rings. The van der Waals surface area contributed by atoms with E-state index in [2.05, 4.69) is 0 Å². The Balaban J connectivity index is 1.74. The third-order valence-electron chi connectivity index (χ3n) is 6.10. The number of carboxylic acid groups (broad SMARTS) is 1. The average molecular weight is 596 g/mol. The number of carbonyl (C=O) groups is 1. The Morgan fingerprint density at radius 3 is 2.27 bits per heavy atom. The van der Waals surface area contributed by atoms with Crippen LogP contribution in [0, 0.1) is 0 Å². The third-order valence-corrected chi connectivity index (χ3v) is 8.98. The van der Waals surface area contributed by atoms with Gasteiger partial charge in [0.15, 0.2) is 9.84 Å². The van der Waals surface area contributed by atoms with Crippen molar-refractivity contribution in [3.05, 3.63) is 83.4 Å². The highest BCUT2D eigenvalue weighted by molar-refractivity contribution is 7.92. The average Bonchev–Trinajstić information content (AvgIpc) is 2.89. The van der Waals surface area contributed by atoms with Gasteiger partial charge in [0.2, 0.25) is 0 Å². The molecule has 3 aromatic rings. The molecule has 212 valence electrons. The maximum Gasteiger partial charge on any atom is 0.416 e. The minimum Gasteiger partial charge on any atom is -0.486 e. The minimum absolute atomic E-state index is 0.0261. The molecule has 40 heavy (non-hydrogen) atoms. The summed E-state index contributed by atoms with van der Waals surface area (Å²) in [6.45, 7) is -0.317. The lowest BCUT2D eigenvalue weighted by Crippen LogP contribution is -2.43. The molecular weight excluding hydrogens is 571 g/mol. The van der Waals surface area contributed by atoms with Crippen LogP contribution in [0.4, 0.5) is 18.9 Å². The second-order valence-corrected chi connectivity index (χ2v) is 13.0. The van der Waals surface area contributed by atoms with Crippen LogP contribution in [-0.4, -0.2) is 46.8 Å². The number of aliphatic carboxylic acids is 1. The molecule has 0 bridgehead atoms. The molecule has 1 unspecified atom stereocenters. The van der Waals surface area contributed by atoms with Gasteiger partial charge in [0, 0.05) is 12.7 Å². The van der Waals surface area contributed by atoms with Crippen LogP contribution in [0.3, 0.4) is 0 Å². The first kappa shape index (κ1) is 29.2. The number of sulfone groups is 1. The van der Waals surface area contributed by atoms with Crippen LogP contribution < -0.4 is 9.04 Å². The number of hydrogen-bond donors (Lipinski definition) is 1. The summed E-state index contributed by atoms with van der Waals surface area (Å²) in [7, 11) is -7.95. The van der Waals surface area contributed by atoms with Gasteiger partial charge >= 0.3 is 12.1 Å². The summed E-state index contributed by atoms with van der Waals surface area (Å²) in [5.41, 5.74) is 0.00734. The largest absolute Gasteiger partial charge is 0.486 e. The molecule has 0 saturated carbocycles. The maximum atomic E-state index is 13.6. The number of benzene rings is 3. The van der Waals surface area contributed by atoms with Crippen molar-refractivity contribution in [3.63, 3.8) is 0 Å². The van der Waals surface area contributed by atoms with Crippen molar-refractivity contribution >= 4 is 43.7 Å². The van der Waals surface area contributed by atoms with Crippen molar-refractivity contribution in [1.82, 2.24) is 0 Å². The Morgan fingerprint density at radius 1 is 0.975 bits per heavy atom. The third kappa shape index (κ3) is 6.65. The highest BCUT2D eigenvalue weighted by Gasteiger charge is 2.37. The highest BCUT2D eigenvalue weighted by atomic mass is 32.2. The topological polar surface area (TPSA) is 118 Å². The summed E-state index contributed by atoms with van der Waals surface area (Å²) in [6, 6.07) is 14.2. The fourth-order valence-electron chi connectivity index (χ4n) is 4.10. The Kier molecular flexibility index (Phi) is 7.99. The first-order chi connectivity index (χ1) is 18.6. The van der Waals surface area contributed by atoms with Crippen molar-refractivity contribution in [2.45, 2.75) is 34.9 Å². The summed E-state index contributed by atoms with van der Waals surface area (Å²) >= 11 is 0. The molecular formula is C27H24F3NO7S2. The van der Waals surface area contributed by atoms with Crippen LogP contribution >= 0.6 is 0 Å². The summed E-state index contributed by atoms with van der Waals surface area (Å²) < 4.78 is 97.7. The fourth-order valence-corrected chi connectivity index (χ4v) is 6.32. The standard InChI is InChI=1S/C27H24F3NO7S2/c1-39(34,35)22-6-2-4-18(14-22)8-9-19-10-12-25-24(15-19)31(17-21(38-25)11-13-26(32)33)40(36,37)23-7-3-5-20(16-23)27(28,29)30/h2-10,12,14-16,21H,11,13,17H2,1H3,(H,32,33). The molecule has 1 heterocycles. The molecule has 8 nitrogen and oxygen atoms in total. The highest BCUT2D eigenvalue weighted by Crippen LogP contribution is 2.40. The molecule has 3 aromatic carbocycles. The van der Waals surface area contributed by atoms with Crippen molar-refractivity contribution in [1.29, 1.82) is 0 Å². The smallest absolute Gasteiger partial charge is 0.416 e. The van der Waals surface area contributed by atoms with E-state index < -0.39 is 48.6 Å². The van der Waals surface area contributed by atoms with Gasteiger partial charge in [-0.3, -0.25) is 9.10 Å². The van der Waals surface area contributed by atoms with E-state index in [0.29, 0.717) is 17.2 Å². The van der Waals surface area contributed by atoms with Gasteiger partial charge in [-0.2, -0.15) is 13.2 Å². The second-order valence-electron chi connectivity index (χ2n) is 9.14. The lowest BCUT2D eigenvalue weighted by molar-refractivity contribution is -0.138. The quantitative estimate of drug-likeness (QED) is 0.360. The Labute approximate surface area is 229 Å². The predicted octanol–water partition coefficient (Wildman–Crippen LogP) is 5.10. The van der Waals surface area contributed by atoms with Gasteiger partial charge in [-0.1, -0.05) is 36.4 Å². The molecule has 0 saturated heterocycles. The summed E-state index contributed by atoms with van der Waals surface area (Å²) in [6.07, 6.45) is -1.61. The van der Waals surface area contributed by atoms with Gasteiger partial charge in [0.05, 0.1) is 27.6 Å². The molecule has 0 fully saturated rings. The van der Waals surface area contributed by atoms with E-state index in [1.54, 1.807) is 30.4 Å². The van der Waals surface area contributed by atoms with Crippen LogP contribution in [0.25, 0.3) is 12.2 Å². The van der Waals surface area contributed by atoms with Gasteiger partial charge in [-0.05, 0) is 60.0 Å². The lowest BCUT2D eigenvalue weighted by atomic mass is 10.1. The van der Waals surface area contributed by atoms with Crippen LogP contribution in [0.5, 0.6) is 5.75 Å². The van der Waals surface area contributed by atoms with Crippen LogP contribution in [0.2, 0.25) is 0 Å². The van der Waals surface area contributed by atoms with Gasteiger partial charge in [-0.15, -0.1) is 0 Å². The lowest BCUT2D eigenvalue weighted by Gasteiger charge is -2.35. The molecule has 13 heteroatoms. The second kappa shape index (κ2) is 11.0. The summed E-state index contributed by atoms with van der Waals surface area (Å²) in [4.78, 5) is 10.6. The van der Waals surface area contributed by atoms with Crippen molar-refractivity contribution < 1.29 is 44.6 Å². The van der Waals surface area contributed by atoms with Crippen LogP contribution in [0.1, 0.15) is 29.5 Å². The van der Waals surface area contributed by atoms with E-state index in [1.807, 2.05) is 0 Å². The number of ether oxygens (including phenoxy) is 1. The minimum atomic E-state index is -4.76. The number of hydrogen-bond acceptors (Lipinski definition) is 6. The molecule has 4 rings (SSSR count). The monoisotopic (exact) mass is 595 g/mol. The summed E-state index contributed by atoms with van der Waals surface area (Å²) in [5, 5.41) is 9.07. The number of sulfonamides is 1. The van der Waals surface area contributed by atoms with Crippen LogP contribution in [0.15, 0.2) is 76.5 Å². The van der Waals surface area contributed by atoms with E-state index >= 15 is 0 Å². The number of fused-ring (bicyclic) bond motifs is 1. The van der Waals surface area contributed by atoms with Crippen molar-refractivity contribution in [2.24, 2.45) is 0 Å². The number of nitrogens with zero attached hydrogens (tertiary/aromatic N) is 1.